The van der Waals surface area contributed by atoms with E-state index in [1.165, 1.54) is 0 Å². The second-order valence-electron chi connectivity index (χ2n) is 3.64. The van der Waals surface area contributed by atoms with E-state index in [4.69, 9.17) is 12.2 Å². The molecule has 0 aliphatic carbocycles. The molecular formula is C8H12N2O2S2. The van der Waals surface area contributed by atoms with Gasteiger partial charge in [-0.2, -0.15) is 0 Å². The number of hydrogen-bond acceptors (Lipinski definition) is 3. The van der Waals surface area contributed by atoms with E-state index in [1.807, 2.05) is 4.90 Å². The van der Waals surface area contributed by atoms with E-state index >= 15 is 0 Å². The first kappa shape index (κ1) is 9.92. The molecule has 2 heterocycles. The Morgan fingerprint density at radius 3 is 3.00 bits per heavy atom. The molecule has 0 amide bonds. The van der Waals surface area contributed by atoms with Crippen molar-refractivity contribution in [3.05, 3.63) is 12.7 Å². The van der Waals surface area contributed by atoms with Crippen LogP contribution >= 0.6 is 12.2 Å². The minimum absolute atomic E-state index is 0.00509. The third kappa shape index (κ3) is 1.52. The van der Waals surface area contributed by atoms with E-state index in [-0.39, 0.29) is 23.6 Å². The molecule has 2 rings (SSSR count). The third-order valence-corrected chi connectivity index (χ3v) is 4.69. The first-order valence-corrected chi connectivity index (χ1v) is 6.65. The van der Waals surface area contributed by atoms with Crippen molar-refractivity contribution < 1.29 is 8.42 Å². The van der Waals surface area contributed by atoms with Crippen LogP contribution in [0.5, 0.6) is 0 Å². The van der Waals surface area contributed by atoms with Gasteiger partial charge in [-0.15, -0.1) is 6.58 Å². The first-order chi connectivity index (χ1) is 6.53. The zero-order valence-corrected chi connectivity index (χ0v) is 9.27. The van der Waals surface area contributed by atoms with Gasteiger partial charge >= 0.3 is 0 Å². The highest BCUT2D eigenvalue weighted by atomic mass is 32.2. The normalized spacial score (nSPS) is 34.0. The van der Waals surface area contributed by atoms with Gasteiger partial charge in [-0.3, -0.25) is 0 Å². The van der Waals surface area contributed by atoms with E-state index in [0.717, 1.165) is 0 Å². The lowest BCUT2D eigenvalue weighted by molar-refractivity contribution is 0.386. The molecule has 0 bridgehead atoms. The maximum absolute atomic E-state index is 11.4. The maximum atomic E-state index is 11.4. The largest absolute Gasteiger partial charge is 0.357 e. The molecule has 0 aromatic heterocycles. The molecule has 2 saturated heterocycles. The molecule has 2 fully saturated rings. The van der Waals surface area contributed by atoms with Gasteiger partial charge in [0.05, 0.1) is 23.6 Å². The quantitative estimate of drug-likeness (QED) is 0.515. The van der Waals surface area contributed by atoms with Crippen LogP contribution in [0.25, 0.3) is 0 Å². The number of hydrogen-bond donors (Lipinski definition) is 1. The van der Waals surface area contributed by atoms with Crippen molar-refractivity contribution in [1.82, 2.24) is 10.2 Å². The van der Waals surface area contributed by atoms with Crippen molar-refractivity contribution in [2.75, 3.05) is 18.1 Å². The van der Waals surface area contributed by atoms with Crippen molar-refractivity contribution in [3.63, 3.8) is 0 Å². The molecule has 78 valence electrons. The lowest BCUT2D eigenvalue weighted by atomic mass is 10.2. The van der Waals surface area contributed by atoms with Crippen LogP contribution in [0.1, 0.15) is 0 Å². The fourth-order valence-corrected chi connectivity index (χ4v) is 4.31. The van der Waals surface area contributed by atoms with E-state index < -0.39 is 9.84 Å². The summed E-state index contributed by atoms with van der Waals surface area (Å²) in [6.07, 6.45) is 1.74. The van der Waals surface area contributed by atoms with Gasteiger partial charge in [0.1, 0.15) is 0 Å². The van der Waals surface area contributed by atoms with Crippen LogP contribution in [0.2, 0.25) is 0 Å². The number of nitrogens with zero attached hydrogens (tertiary/aromatic N) is 1. The second-order valence-corrected chi connectivity index (χ2v) is 6.18. The van der Waals surface area contributed by atoms with Crippen LogP contribution in [-0.2, 0) is 9.84 Å². The highest BCUT2D eigenvalue weighted by Gasteiger charge is 2.46. The molecule has 1 N–H and O–H groups in total. The molecule has 0 aromatic rings. The first-order valence-electron chi connectivity index (χ1n) is 4.42. The van der Waals surface area contributed by atoms with Crippen LogP contribution in [0, 0.1) is 0 Å². The third-order valence-electron chi connectivity index (χ3n) is 2.62. The number of thiocarbonyl (C=S) groups is 1. The Labute approximate surface area is 88.9 Å². The number of sulfone groups is 1. The molecular weight excluding hydrogens is 220 g/mol. The average molecular weight is 232 g/mol. The van der Waals surface area contributed by atoms with Crippen molar-refractivity contribution >= 4 is 27.2 Å². The van der Waals surface area contributed by atoms with Crippen LogP contribution < -0.4 is 5.32 Å². The predicted molar refractivity (Wildman–Crippen MR) is 58.9 cm³/mol. The summed E-state index contributed by atoms with van der Waals surface area (Å²) < 4.78 is 22.7. The summed E-state index contributed by atoms with van der Waals surface area (Å²) in [6, 6.07) is -0.0158. The number of nitrogens with one attached hydrogen (secondary N) is 1. The molecule has 2 aliphatic rings. The molecule has 0 radical (unpaired) electrons. The summed E-state index contributed by atoms with van der Waals surface area (Å²) in [5.41, 5.74) is 0. The lowest BCUT2D eigenvalue weighted by Crippen LogP contribution is -2.36. The van der Waals surface area contributed by atoms with E-state index in [2.05, 4.69) is 11.9 Å². The monoisotopic (exact) mass is 232 g/mol. The summed E-state index contributed by atoms with van der Waals surface area (Å²) in [7, 11) is -2.88. The van der Waals surface area contributed by atoms with Gasteiger partial charge in [0.15, 0.2) is 14.9 Å². The van der Waals surface area contributed by atoms with Crippen molar-refractivity contribution in [1.29, 1.82) is 0 Å². The Kier molecular flexibility index (Phi) is 2.27. The molecule has 4 nitrogen and oxygen atoms in total. The zero-order valence-electron chi connectivity index (χ0n) is 7.64. The minimum Gasteiger partial charge on any atom is -0.357 e. The summed E-state index contributed by atoms with van der Waals surface area (Å²) in [6.45, 7) is 4.24. The highest BCUT2D eigenvalue weighted by molar-refractivity contribution is 7.91. The van der Waals surface area contributed by atoms with Gasteiger partial charge < -0.3 is 10.2 Å². The second kappa shape index (κ2) is 3.20. The topological polar surface area (TPSA) is 49.4 Å². The predicted octanol–water partition coefficient (Wildman–Crippen LogP) is -0.472. The standard InChI is InChI=1S/C8H12N2O2S2/c1-2-3-10-7-5-14(11,12)4-6(7)9-8(10)13/h2,6-7H,1,3-5H2,(H,9,13)/t6-,7-/m1/s1. The summed E-state index contributed by atoms with van der Waals surface area (Å²) in [4.78, 5) is 1.90. The number of fused-ring (bicyclic) bond motifs is 1. The molecule has 0 saturated carbocycles. The zero-order chi connectivity index (χ0) is 10.3. The Bertz CT molecular complexity index is 377. The van der Waals surface area contributed by atoms with Gasteiger partial charge in [-0.05, 0) is 12.2 Å². The van der Waals surface area contributed by atoms with Crippen molar-refractivity contribution in [3.8, 4) is 0 Å². The SMILES string of the molecule is C=CCN1C(=S)N[C@@H]2CS(=O)(=O)C[C@H]21. The van der Waals surface area contributed by atoms with E-state index in [0.29, 0.717) is 11.7 Å². The van der Waals surface area contributed by atoms with Crippen LogP contribution in [0.15, 0.2) is 12.7 Å². The van der Waals surface area contributed by atoms with Gasteiger partial charge in [0.25, 0.3) is 0 Å². The smallest absolute Gasteiger partial charge is 0.169 e. The van der Waals surface area contributed by atoms with Gasteiger partial charge in [0, 0.05) is 6.54 Å². The molecule has 14 heavy (non-hydrogen) atoms. The fourth-order valence-electron chi connectivity index (χ4n) is 2.02. The Hall–Kier alpha value is -0.620. The molecule has 0 spiro atoms. The maximum Gasteiger partial charge on any atom is 0.169 e. The van der Waals surface area contributed by atoms with Gasteiger partial charge in [-0.1, -0.05) is 6.08 Å². The average Bonchev–Trinajstić information content (AvgIpc) is 2.47. The van der Waals surface area contributed by atoms with Crippen molar-refractivity contribution in [2.45, 2.75) is 12.1 Å². The Morgan fingerprint density at radius 1 is 1.64 bits per heavy atom. The molecule has 2 aliphatic heterocycles. The Balaban J connectivity index is 2.21. The molecule has 0 aromatic carbocycles. The molecule has 6 heteroatoms. The lowest BCUT2D eigenvalue weighted by Gasteiger charge is -2.20. The van der Waals surface area contributed by atoms with Gasteiger partial charge in [0.2, 0.25) is 0 Å². The summed E-state index contributed by atoms with van der Waals surface area (Å²) >= 11 is 5.11. The van der Waals surface area contributed by atoms with E-state index in [9.17, 15) is 8.42 Å². The Morgan fingerprint density at radius 2 is 2.36 bits per heavy atom. The molecule has 0 unspecified atom stereocenters. The van der Waals surface area contributed by atoms with Crippen LogP contribution in [0.3, 0.4) is 0 Å². The van der Waals surface area contributed by atoms with Crippen LogP contribution in [-0.4, -0.2) is 48.6 Å². The van der Waals surface area contributed by atoms with Gasteiger partial charge in [-0.25, -0.2) is 8.42 Å². The van der Waals surface area contributed by atoms with E-state index in [1.54, 1.807) is 6.08 Å². The summed E-state index contributed by atoms with van der Waals surface area (Å²) in [5.74, 6) is 0.407. The minimum atomic E-state index is -2.88. The fraction of sp³-hybridized carbons (Fsp3) is 0.625. The highest BCUT2D eigenvalue weighted by Crippen LogP contribution is 2.23. The molecule has 2 atom stereocenters. The van der Waals surface area contributed by atoms with Crippen molar-refractivity contribution in [2.24, 2.45) is 0 Å². The number of rotatable bonds is 2. The van der Waals surface area contributed by atoms with Crippen LogP contribution in [0.4, 0.5) is 0 Å². The summed E-state index contributed by atoms with van der Waals surface area (Å²) in [5, 5.41) is 3.68.